The van der Waals surface area contributed by atoms with Gasteiger partial charge in [0, 0.05) is 24.3 Å². The highest BCUT2D eigenvalue weighted by molar-refractivity contribution is 6.21. The second-order valence-corrected chi connectivity index (χ2v) is 4.68. The molecule has 0 radical (unpaired) electrons. The molecule has 1 aliphatic carbocycles. The van der Waals surface area contributed by atoms with Crippen LogP contribution >= 0.6 is 11.6 Å². The molecule has 1 heterocycles. The van der Waals surface area contributed by atoms with E-state index in [1.807, 2.05) is 10.9 Å². The summed E-state index contributed by atoms with van der Waals surface area (Å²) in [4.78, 5) is 0. The molecule has 0 unspecified atom stereocenters. The molecule has 1 aromatic heterocycles. The van der Waals surface area contributed by atoms with Crippen molar-refractivity contribution in [1.82, 2.24) is 9.78 Å². The summed E-state index contributed by atoms with van der Waals surface area (Å²) in [5, 5.41) is 4.51. The lowest BCUT2D eigenvalue weighted by atomic mass is 9.95. The Balaban J connectivity index is 1.90. The summed E-state index contributed by atoms with van der Waals surface area (Å²) in [7, 11) is 0. The minimum absolute atomic E-state index is 0.294. The summed E-state index contributed by atoms with van der Waals surface area (Å²) in [5.41, 5.74) is 0. The molecule has 1 saturated carbocycles. The maximum atomic E-state index is 5.86. The molecule has 1 fully saturated rings. The van der Waals surface area contributed by atoms with Crippen molar-refractivity contribution in [2.24, 2.45) is 0 Å². The van der Waals surface area contributed by atoms with Crippen LogP contribution in [-0.2, 0) is 0 Å². The smallest absolute Gasteiger partial charge is 0.157 e. The summed E-state index contributed by atoms with van der Waals surface area (Å²) in [6.45, 7) is 4.18. The second kappa shape index (κ2) is 3.81. The molecule has 0 amide bonds. The van der Waals surface area contributed by atoms with E-state index in [-0.39, 0.29) is 0 Å². The number of alkyl halides is 1. The largest absolute Gasteiger partial charge is 0.487 e. The molecule has 0 saturated heterocycles. The average molecular weight is 215 g/mol. The SMILES string of the molecule is CC(C)n1cc(OC2CC(Cl)C2)cn1. The van der Waals surface area contributed by atoms with Crippen molar-refractivity contribution in [1.29, 1.82) is 0 Å². The van der Waals surface area contributed by atoms with E-state index >= 15 is 0 Å². The fourth-order valence-electron chi connectivity index (χ4n) is 1.45. The normalized spacial score (nSPS) is 26.3. The minimum atomic E-state index is 0.294. The maximum Gasteiger partial charge on any atom is 0.157 e. The first-order chi connectivity index (χ1) is 6.65. The Bertz CT molecular complexity index is 305. The molecular weight excluding hydrogens is 200 g/mol. The van der Waals surface area contributed by atoms with E-state index in [1.165, 1.54) is 0 Å². The van der Waals surface area contributed by atoms with Gasteiger partial charge in [0.2, 0.25) is 0 Å². The lowest BCUT2D eigenvalue weighted by molar-refractivity contribution is 0.124. The summed E-state index contributed by atoms with van der Waals surface area (Å²) < 4.78 is 7.58. The van der Waals surface area contributed by atoms with E-state index in [0.29, 0.717) is 17.5 Å². The van der Waals surface area contributed by atoms with Crippen LogP contribution in [-0.4, -0.2) is 21.3 Å². The molecule has 4 heteroatoms. The van der Waals surface area contributed by atoms with E-state index in [0.717, 1.165) is 18.6 Å². The highest BCUT2D eigenvalue weighted by atomic mass is 35.5. The molecular formula is C10H15ClN2O. The van der Waals surface area contributed by atoms with Crippen molar-refractivity contribution >= 4 is 11.6 Å². The quantitative estimate of drug-likeness (QED) is 0.724. The van der Waals surface area contributed by atoms with Gasteiger partial charge in [-0.05, 0) is 13.8 Å². The predicted molar refractivity (Wildman–Crippen MR) is 55.9 cm³/mol. The predicted octanol–water partition coefficient (Wildman–Crippen LogP) is 2.61. The van der Waals surface area contributed by atoms with Crippen LogP contribution in [0.3, 0.4) is 0 Å². The van der Waals surface area contributed by atoms with Gasteiger partial charge >= 0.3 is 0 Å². The highest BCUT2D eigenvalue weighted by Crippen LogP contribution is 2.29. The molecule has 1 aliphatic rings. The third-order valence-electron chi connectivity index (χ3n) is 2.45. The van der Waals surface area contributed by atoms with Crippen LogP contribution in [0.2, 0.25) is 0 Å². The Labute approximate surface area is 89.0 Å². The summed E-state index contributed by atoms with van der Waals surface area (Å²) >= 11 is 5.86. The third-order valence-corrected chi connectivity index (χ3v) is 2.80. The Kier molecular flexibility index (Phi) is 2.68. The Hall–Kier alpha value is -0.700. The van der Waals surface area contributed by atoms with Gasteiger partial charge in [-0.2, -0.15) is 5.10 Å². The van der Waals surface area contributed by atoms with Gasteiger partial charge in [-0.15, -0.1) is 11.6 Å². The first-order valence-electron chi connectivity index (χ1n) is 5.00. The fourth-order valence-corrected chi connectivity index (χ4v) is 1.85. The number of hydrogen-bond donors (Lipinski definition) is 0. The standard InChI is InChI=1S/C10H15ClN2O/c1-7(2)13-6-10(5-12-13)14-9-3-8(11)4-9/h5-9H,3-4H2,1-2H3. The fraction of sp³-hybridized carbons (Fsp3) is 0.700. The summed E-state index contributed by atoms with van der Waals surface area (Å²) in [6.07, 6.45) is 5.90. The van der Waals surface area contributed by atoms with Crippen LogP contribution in [0.25, 0.3) is 0 Å². The third kappa shape index (κ3) is 2.03. The number of rotatable bonds is 3. The molecule has 0 aromatic carbocycles. The van der Waals surface area contributed by atoms with E-state index in [1.54, 1.807) is 6.20 Å². The van der Waals surface area contributed by atoms with Gasteiger partial charge in [-0.1, -0.05) is 0 Å². The highest BCUT2D eigenvalue weighted by Gasteiger charge is 2.29. The molecule has 3 nitrogen and oxygen atoms in total. The number of aromatic nitrogens is 2. The number of hydrogen-bond acceptors (Lipinski definition) is 2. The Morgan fingerprint density at radius 1 is 1.57 bits per heavy atom. The van der Waals surface area contributed by atoms with Crippen LogP contribution in [0.1, 0.15) is 32.7 Å². The molecule has 0 N–H and O–H groups in total. The number of halogens is 1. The van der Waals surface area contributed by atoms with Gasteiger partial charge in [-0.25, -0.2) is 0 Å². The maximum absolute atomic E-state index is 5.86. The average Bonchev–Trinajstić information content (AvgIpc) is 2.50. The molecule has 0 aliphatic heterocycles. The van der Waals surface area contributed by atoms with Crippen LogP contribution < -0.4 is 4.74 Å². The van der Waals surface area contributed by atoms with Gasteiger partial charge in [0.15, 0.2) is 5.75 Å². The molecule has 1 aromatic rings. The molecule has 0 spiro atoms. The van der Waals surface area contributed by atoms with Crippen LogP contribution in [0, 0.1) is 0 Å². The second-order valence-electron chi connectivity index (χ2n) is 4.06. The van der Waals surface area contributed by atoms with Crippen LogP contribution in [0.5, 0.6) is 5.75 Å². The van der Waals surface area contributed by atoms with Gasteiger partial charge in [-0.3, -0.25) is 4.68 Å². The molecule has 0 bridgehead atoms. The van der Waals surface area contributed by atoms with Crippen molar-refractivity contribution in [3.05, 3.63) is 12.4 Å². The van der Waals surface area contributed by atoms with E-state index in [2.05, 4.69) is 18.9 Å². The molecule has 14 heavy (non-hydrogen) atoms. The van der Waals surface area contributed by atoms with Crippen molar-refractivity contribution in [3.8, 4) is 5.75 Å². The molecule has 78 valence electrons. The lowest BCUT2D eigenvalue weighted by Gasteiger charge is -2.30. The zero-order chi connectivity index (χ0) is 10.1. The van der Waals surface area contributed by atoms with Crippen molar-refractivity contribution < 1.29 is 4.74 Å². The van der Waals surface area contributed by atoms with Gasteiger partial charge < -0.3 is 4.74 Å². The van der Waals surface area contributed by atoms with E-state index < -0.39 is 0 Å². The Morgan fingerprint density at radius 2 is 2.29 bits per heavy atom. The first kappa shape index (κ1) is 9.84. The molecule has 2 rings (SSSR count). The lowest BCUT2D eigenvalue weighted by Crippen LogP contribution is -2.34. The monoisotopic (exact) mass is 214 g/mol. The zero-order valence-electron chi connectivity index (χ0n) is 8.48. The minimum Gasteiger partial charge on any atom is -0.487 e. The van der Waals surface area contributed by atoms with E-state index in [9.17, 15) is 0 Å². The van der Waals surface area contributed by atoms with Crippen LogP contribution in [0.4, 0.5) is 0 Å². The van der Waals surface area contributed by atoms with Crippen LogP contribution in [0.15, 0.2) is 12.4 Å². The first-order valence-corrected chi connectivity index (χ1v) is 5.43. The summed E-state index contributed by atoms with van der Waals surface area (Å²) in [6, 6.07) is 0.384. The van der Waals surface area contributed by atoms with Gasteiger partial charge in [0.1, 0.15) is 6.10 Å². The van der Waals surface area contributed by atoms with E-state index in [4.69, 9.17) is 16.3 Å². The number of ether oxygens (including phenoxy) is 1. The topological polar surface area (TPSA) is 27.1 Å². The van der Waals surface area contributed by atoms with Crippen molar-refractivity contribution in [2.45, 2.75) is 44.2 Å². The van der Waals surface area contributed by atoms with Gasteiger partial charge in [0.25, 0.3) is 0 Å². The van der Waals surface area contributed by atoms with Crippen molar-refractivity contribution in [3.63, 3.8) is 0 Å². The van der Waals surface area contributed by atoms with Crippen molar-refractivity contribution in [2.75, 3.05) is 0 Å². The zero-order valence-corrected chi connectivity index (χ0v) is 9.24. The van der Waals surface area contributed by atoms with Gasteiger partial charge in [0.05, 0.1) is 12.4 Å². The molecule has 0 atom stereocenters. The summed E-state index contributed by atoms with van der Waals surface area (Å²) in [5.74, 6) is 0.854. The number of nitrogens with zero attached hydrogens (tertiary/aromatic N) is 2. The Morgan fingerprint density at radius 3 is 2.79 bits per heavy atom.